The minimum atomic E-state index is -0.929. The van der Waals surface area contributed by atoms with Gasteiger partial charge in [-0.05, 0) is 35.1 Å². The fraction of sp³-hybridized carbons (Fsp3) is 0.444. The lowest BCUT2D eigenvalue weighted by Crippen LogP contribution is -2.41. The predicted octanol–water partition coefficient (Wildman–Crippen LogP) is 4.70. The predicted molar refractivity (Wildman–Crippen MR) is 131 cm³/mol. The van der Waals surface area contributed by atoms with Gasteiger partial charge in [0.25, 0.3) is 0 Å². The molecule has 2 aromatic rings. The summed E-state index contributed by atoms with van der Waals surface area (Å²) in [4.78, 5) is 36.2. The Morgan fingerprint density at radius 3 is 2.18 bits per heavy atom. The second-order valence-corrected chi connectivity index (χ2v) is 8.76. The first-order chi connectivity index (χ1) is 16.4. The smallest absolute Gasteiger partial charge is 0.407 e. The number of hydrogen-bond donors (Lipinski definition) is 3. The van der Waals surface area contributed by atoms with Crippen molar-refractivity contribution in [2.45, 2.75) is 57.9 Å². The molecule has 1 aliphatic rings. The minimum Gasteiger partial charge on any atom is -0.481 e. The van der Waals surface area contributed by atoms with Crippen LogP contribution >= 0.6 is 0 Å². The monoisotopic (exact) mass is 466 g/mol. The fourth-order valence-electron chi connectivity index (χ4n) is 4.42. The topological polar surface area (TPSA) is 105 Å². The molecule has 7 heteroatoms. The number of alkyl carbamates (subject to hydrolysis) is 1. The third kappa shape index (κ3) is 6.37. The van der Waals surface area contributed by atoms with Gasteiger partial charge >= 0.3 is 12.1 Å². The maximum atomic E-state index is 12.6. The molecule has 182 valence electrons. The van der Waals surface area contributed by atoms with E-state index in [4.69, 9.17) is 9.84 Å². The Bertz CT molecular complexity index is 961. The summed E-state index contributed by atoms with van der Waals surface area (Å²) in [6, 6.07) is 15.9. The number of amides is 2. The van der Waals surface area contributed by atoms with Gasteiger partial charge in [0.15, 0.2) is 0 Å². The number of fused-ring (bicyclic) bond motifs is 3. The molecule has 0 saturated carbocycles. The van der Waals surface area contributed by atoms with E-state index in [1.165, 1.54) is 0 Å². The fourth-order valence-corrected chi connectivity index (χ4v) is 4.42. The van der Waals surface area contributed by atoms with Crippen LogP contribution < -0.4 is 10.6 Å². The van der Waals surface area contributed by atoms with E-state index in [2.05, 4.69) is 34.9 Å². The molecule has 2 unspecified atom stereocenters. The molecular formula is C27H34N2O5. The van der Waals surface area contributed by atoms with Crippen LogP contribution in [0, 0.1) is 5.92 Å². The molecule has 0 aliphatic heterocycles. The van der Waals surface area contributed by atoms with Crippen LogP contribution in [0.4, 0.5) is 4.79 Å². The standard InChI is InChI=1S/C27H34N2O5/c1-3-5-10-19(15-25(30)28-16-18(4-2)26(31)32)29-27(33)34-17-24-22-13-8-6-11-20(22)21-12-7-9-14-23(21)24/h6-9,11-14,18-19,24H,3-5,10,15-17H2,1-2H3,(H,28,30)(H,29,33)(H,31,32). The Labute approximate surface area is 200 Å². The molecule has 3 rings (SSSR count). The molecule has 0 spiro atoms. The van der Waals surface area contributed by atoms with Gasteiger partial charge in [-0.2, -0.15) is 0 Å². The zero-order valence-electron chi connectivity index (χ0n) is 19.9. The maximum Gasteiger partial charge on any atom is 0.407 e. The van der Waals surface area contributed by atoms with Gasteiger partial charge in [-0.3, -0.25) is 9.59 Å². The Balaban J connectivity index is 1.57. The molecule has 2 atom stereocenters. The lowest BCUT2D eigenvalue weighted by molar-refractivity contribution is -0.141. The summed E-state index contributed by atoms with van der Waals surface area (Å²) in [6.45, 7) is 4.11. The van der Waals surface area contributed by atoms with Gasteiger partial charge in [0.05, 0.1) is 5.92 Å². The van der Waals surface area contributed by atoms with Gasteiger partial charge in [0.2, 0.25) is 5.91 Å². The van der Waals surface area contributed by atoms with Crippen molar-refractivity contribution >= 4 is 18.0 Å². The molecule has 7 nitrogen and oxygen atoms in total. The number of carboxylic acids is 1. The molecule has 0 bridgehead atoms. The van der Waals surface area contributed by atoms with Crippen LogP contribution in [0.15, 0.2) is 48.5 Å². The Morgan fingerprint density at radius 1 is 1.00 bits per heavy atom. The normalized spacial score (nSPS) is 13.9. The highest BCUT2D eigenvalue weighted by Gasteiger charge is 2.29. The summed E-state index contributed by atoms with van der Waals surface area (Å²) in [5.41, 5.74) is 4.61. The molecule has 2 amide bonds. The van der Waals surface area contributed by atoms with Crippen molar-refractivity contribution in [1.29, 1.82) is 0 Å². The Kier molecular flexibility index (Phi) is 9.08. The number of carboxylic acid groups (broad SMARTS) is 1. The summed E-state index contributed by atoms with van der Waals surface area (Å²) < 4.78 is 5.62. The number of carbonyl (C=O) groups is 3. The zero-order valence-corrected chi connectivity index (χ0v) is 19.9. The van der Waals surface area contributed by atoms with E-state index in [1.807, 2.05) is 31.2 Å². The van der Waals surface area contributed by atoms with E-state index in [0.29, 0.717) is 12.8 Å². The van der Waals surface area contributed by atoms with Gasteiger partial charge < -0.3 is 20.5 Å². The summed E-state index contributed by atoms with van der Waals surface area (Å²) in [5.74, 6) is -1.85. The van der Waals surface area contributed by atoms with Crippen molar-refractivity contribution in [3.8, 4) is 11.1 Å². The molecule has 0 radical (unpaired) electrons. The molecule has 1 aliphatic carbocycles. The maximum absolute atomic E-state index is 12.6. The van der Waals surface area contributed by atoms with Gasteiger partial charge in [0.1, 0.15) is 6.61 Å². The van der Waals surface area contributed by atoms with E-state index in [0.717, 1.165) is 35.1 Å². The van der Waals surface area contributed by atoms with E-state index in [1.54, 1.807) is 6.92 Å². The number of benzene rings is 2. The van der Waals surface area contributed by atoms with Gasteiger partial charge in [0, 0.05) is 24.9 Å². The molecule has 0 fully saturated rings. The number of unbranched alkanes of at least 4 members (excludes halogenated alkanes) is 1. The molecule has 2 aromatic carbocycles. The summed E-state index contributed by atoms with van der Waals surface area (Å²) in [5, 5.41) is 14.7. The number of nitrogens with one attached hydrogen (secondary N) is 2. The van der Waals surface area contributed by atoms with Crippen LogP contribution in [0.5, 0.6) is 0 Å². The molecular weight excluding hydrogens is 432 g/mol. The van der Waals surface area contributed by atoms with Crippen LogP contribution in [-0.2, 0) is 14.3 Å². The van der Waals surface area contributed by atoms with Crippen molar-refractivity contribution in [3.63, 3.8) is 0 Å². The number of carbonyl (C=O) groups excluding carboxylic acids is 2. The lowest BCUT2D eigenvalue weighted by atomic mass is 9.98. The van der Waals surface area contributed by atoms with E-state index >= 15 is 0 Å². The summed E-state index contributed by atoms with van der Waals surface area (Å²) in [6.07, 6.45) is 2.40. The number of hydrogen-bond acceptors (Lipinski definition) is 4. The third-order valence-corrected chi connectivity index (χ3v) is 6.39. The second-order valence-electron chi connectivity index (χ2n) is 8.76. The molecule has 0 saturated heterocycles. The quantitative estimate of drug-likeness (QED) is 0.421. The summed E-state index contributed by atoms with van der Waals surface area (Å²) in [7, 11) is 0. The van der Waals surface area contributed by atoms with Gasteiger partial charge in [-0.15, -0.1) is 0 Å². The second kappa shape index (κ2) is 12.2. The molecule has 3 N–H and O–H groups in total. The number of aliphatic carboxylic acids is 1. The van der Waals surface area contributed by atoms with Gasteiger partial charge in [-0.1, -0.05) is 75.2 Å². The van der Waals surface area contributed by atoms with Crippen molar-refractivity contribution in [1.82, 2.24) is 10.6 Å². The lowest BCUT2D eigenvalue weighted by Gasteiger charge is -2.20. The zero-order chi connectivity index (χ0) is 24.5. The van der Waals surface area contributed by atoms with Crippen LogP contribution in [0.2, 0.25) is 0 Å². The first-order valence-corrected chi connectivity index (χ1v) is 12.1. The van der Waals surface area contributed by atoms with Gasteiger partial charge in [-0.25, -0.2) is 4.79 Å². The van der Waals surface area contributed by atoms with Crippen LogP contribution in [0.1, 0.15) is 63.0 Å². The SMILES string of the molecule is CCCCC(CC(=O)NCC(CC)C(=O)O)NC(=O)OCC1c2ccccc2-c2ccccc21. The van der Waals surface area contributed by atoms with Crippen LogP contribution in [0.25, 0.3) is 11.1 Å². The summed E-state index contributed by atoms with van der Waals surface area (Å²) >= 11 is 0. The van der Waals surface area contributed by atoms with Crippen molar-refractivity contribution in [2.75, 3.05) is 13.2 Å². The van der Waals surface area contributed by atoms with Crippen molar-refractivity contribution in [2.24, 2.45) is 5.92 Å². The van der Waals surface area contributed by atoms with Crippen molar-refractivity contribution in [3.05, 3.63) is 59.7 Å². The molecule has 0 heterocycles. The minimum absolute atomic E-state index is 0.0301. The van der Waals surface area contributed by atoms with E-state index in [9.17, 15) is 14.4 Å². The first-order valence-electron chi connectivity index (χ1n) is 12.1. The van der Waals surface area contributed by atoms with E-state index < -0.39 is 18.0 Å². The highest BCUT2D eigenvalue weighted by atomic mass is 16.5. The Morgan fingerprint density at radius 2 is 1.62 bits per heavy atom. The highest BCUT2D eigenvalue weighted by molar-refractivity contribution is 5.80. The number of ether oxygens (including phenoxy) is 1. The molecule has 34 heavy (non-hydrogen) atoms. The van der Waals surface area contributed by atoms with E-state index in [-0.39, 0.29) is 37.4 Å². The highest BCUT2D eigenvalue weighted by Crippen LogP contribution is 2.44. The number of rotatable bonds is 12. The van der Waals surface area contributed by atoms with Crippen LogP contribution in [-0.4, -0.2) is 42.3 Å². The average molecular weight is 467 g/mol. The molecule has 0 aromatic heterocycles. The van der Waals surface area contributed by atoms with Crippen molar-refractivity contribution < 1.29 is 24.2 Å². The Hall–Kier alpha value is -3.35. The first kappa shape index (κ1) is 25.3. The van der Waals surface area contributed by atoms with Crippen LogP contribution in [0.3, 0.4) is 0 Å². The largest absolute Gasteiger partial charge is 0.481 e. The average Bonchev–Trinajstić information content (AvgIpc) is 3.15. The third-order valence-electron chi connectivity index (χ3n) is 6.39.